The van der Waals surface area contributed by atoms with Gasteiger partial charge in [0.2, 0.25) is 0 Å². The van der Waals surface area contributed by atoms with Crippen molar-refractivity contribution in [3.8, 4) is 0 Å². The van der Waals surface area contributed by atoms with E-state index < -0.39 is 28.7 Å². The lowest BCUT2D eigenvalue weighted by Crippen LogP contribution is -2.25. The van der Waals surface area contributed by atoms with Gasteiger partial charge in [-0.2, -0.15) is 0 Å². The maximum atomic E-state index is 11.7. The van der Waals surface area contributed by atoms with Crippen LogP contribution in [0, 0.1) is 10.1 Å². The minimum Gasteiger partial charge on any atom is -0.466 e. The van der Waals surface area contributed by atoms with Crippen molar-refractivity contribution in [2.24, 2.45) is 0 Å². The summed E-state index contributed by atoms with van der Waals surface area (Å²) in [5.41, 5.74) is -0.492. The second-order valence-electron chi connectivity index (χ2n) is 3.49. The topological polar surface area (TPSA) is 95.7 Å². The number of esters is 2. The molecule has 0 heterocycles. The number of nitro benzene ring substituents is 1. The summed E-state index contributed by atoms with van der Waals surface area (Å²) in [5, 5.41) is 10.6. The van der Waals surface area contributed by atoms with Gasteiger partial charge < -0.3 is 9.47 Å². The molecule has 7 nitrogen and oxygen atoms in total. The Morgan fingerprint density at radius 1 is 1.42 bits per heavy atom. The molecule has 1 rings (SSSR count). The van der Waals surface area contributed by atoms with Crippen LogP contribution in [-0.4, -0.2) is 30.1 Å². The fraction of sp³-hybridized carbons (Fsp3) is 0.273. The average molecular weight is 288 g/mol. The van der Waals surface area contributed by atoms with Gasteiger partial charge in [0.15, 0.2) is 6.10 Å². The van der Waals surface area contributed by atoms with E-state index in [4.69, 9.17) is 16.3 Å². The lowest BCUT2D eigenvalue weighted by molar-refractivity contribution is -0.384. The van der Waals surface area contributed by atoms with Crippen LogP contribution < -0.4 is 0 Å². The molecule has 0 saturated heterocycles. The van der Waals surface area contributed by atoms with Crippen molar-refractivity contribution in [1.82, 2.24) is 0 Å². The fourth-order valence-corrected chi connectivity index (χ4v) is 1.41. The number of carbonyl (C=O) groups is 2. The Balaban J connectivity index is 2.92. The first-order valence-corrected chi connectivity index (χ1v) is 5.47. The molecule has 1 aromatic rings. The molecule has 0 spiro atoms. The first-order valence-electron chi connectivity index (χ1n) is 5.09. The quantitative estimate of drug-likeness (QED) is 0.477. The number of rotatable bonds is 4. The molecule has 19 heavy (non-hydrogen) atoms. The molecule has 0 radical (unpaired) electrons. The van der Waals surface area contributed by atoms with E-state index in [2.05, 4.69) is 4.74 Å². The lowest BCUT2D eigenvalue weighted by Gasteiger charge is -2.10. The van der Waals surface area contributed by atoms with Gasteiger partial charge in [-0.1, -0.05) is 11.6 Å². The SMILES string of the molecule is COC(=O)[C@H](C)OC(=O)c1ccc(Cl)c([N+](=O)[O-])c1. The van der Waals surface area contributed by atoms with Crippen LogP contribution in [0.5, 0.6) is 0 Å². The molecule has 0 aromatic heterocycles. The first kappa shape index (κ1) is 14.9. The molecule has 0 aliphatic carbocycles. The van der Waals surface area contributed by atoms with Gasteiger partial charge in [-0.3, -0.25) is 10.1 Å². The van der Waals surface area contributed by atoms with Crippen LogP contribution >= 0.6 is 11.6 Å². The van der Waals surface area contributed by atoms with Gasteiger partial charge in [0, 0.05) is 6.07 Å². The van der Waals surface area contributed by atoms with Crippen LogP contribution in [0.3, 0.4) is 0 Å². The molecule has 0 aliphatic heterocycles. The minimum atomic E-state index is -1.10. The summed E-state index contributed by atoms with van der Waals surface area (Å²) in [4.78, 5) is 32.7. The van der Waals surface area contributed by atoms with E-state index >= 15 is 0 Å². The summed E-state index contributed by atoms with van der Waals surface area (Å²) in [6, 6.07) is 3.45. The third kappa shape index (κ3) is 3.65. The smallest absolute Gasteiger partial charge is 0.346 e. The Labute approximate surface area is 113 Å². The Hall–Kier alpha value is -2.15. The molecule has 0 N–H and O–H groups in total. The Bertz CT molecular complexity index is 530. The highest BCUT2D eigenvalue weighted by Crippen LogP contribution is 2.25. The minimum absolute atomic E-state index is 0.0770. The predicted molar refractivity (Wildman–Crippen MR) is 65.0 cm³/mol. The number of benzene rings is 1. The highest BCUT2D eigenvalue weighted by Gasteiger charge is 2.22. The number of halogens is 1. The molecule has 0 fully saturated rings. The summed E-state index contributed by atoms with van der Waals surface area (Å²) < 4.78 is 9.17. The number of hydrogen-bond acceptors (Lipinski definition) is 6. The van der Waals surface area contributed by atoms with Crippen LogP contribution in [-0.2, 0) is 14.3 Å². The standard InChI is InChI=1S/C11H10ClNO6/c1-6(10(14)18-2)19-11(15)7-3-4-8(12)9(5-7)13(16)17/h3-6H,1-2H3/t6-/m0/s1. The van der Waals surface area contributed by atoms with Crippen molar-refractivity contribution < 1.29 is 24.0 Å². The monoisotopic (exact) mass is 287 g/mol. The van der Waals surface area contributed by atoms with Gasteiger partial charge in [-0.05, 0) is 19.1 Å². The van der Waals surface area contributed by atoms with E-state index in [-0.39, 0.29) is 10.6 Å². The molecule has 102 valence electrons. The Morgan fingerprint density at radius 2 is 2.05 bits per heavy atom. The van der Waals surface area contributed by atoms with Crippen molar-refractivity contribution in [1.29, 1.82) is 0 Å². The normalized spacial score (nSPS) is 11.5. The summed E-state index contributed by atoms with van der Waals surface area (Å²) >= 11 is 5.61. The van der Waals surface area contributed by atoms with Gasteiger partial charge >= 0.3 is 11.9 Å². The molecule has 0 aliphatic rings. The first-order chi connectivity index (χ1) is 8.86. The number of carbonyl (C=O) groups excluding carboxylic acids is 2. The molecule has 0 bridgehead atoms. The van der Waals surface area contributed by atoms with E-state index in [1.165, 1.54) is 19.1 Å². The number of methoxy groups -OCH3 is 1. The molecule has 0 amide bonds. The summed E-state index contributed by atoms with van der Waals surface area (Å²) in [5.74, 6) is -1.60. The summed E-state index contributed by atoms with van der Waals surface area (Å²) in [6.07, 6.45) is -1.10. The summed E-state index contributed by atoms with van der Waals surface area (Å²) in [6.45, 7) is 1.33. The van der Waals surface area contributed by atoms with E-state index in [1.54, 1.807) is 0 Å². The molecule has 0 saturated carbocycles. The molecule has 1 atom stereocenters. The van der Waals surface area contributed by atoms with Crippen molar-refractivity contribution in [2.75, 3.05) is 7.11 Å². The Morgan fingerprint density at radius 3 is 2.58 bits per heavy atom. The average Bonchev–Trinajstić information content (AvgIpc) is 2.37. The maximum absolute atomic E-state index is 11.7. The number of nitrogens with zero attached hydrogens (tertiary/aromatic N) is 1. The van der Waals surface area contributed by atoms with E-state index in [1.807, 2.05) is 0 Å². The van der Waals surface area contributed by atoms with Crippen molar-refractivity contribution in [2.45, 2.75) is 13.0 Å². The van der Waals surface area contributed by atoms with Gasteiger partial charge in [-0.15, -0.1) is 0 Å². The number of hydrogen-bond donors (Lipinski definition) is 0. The Kier molecular flexibility index (Phi) is 4.82. The van der Waals surface area contributed by atoms with Crippen molar-refractivity contribution in [3.05, 3.63) is 38.9 Å². The second-order valence-corrected chi connectivity index (χ2v) is 3.90. The van der Waals surface area contributed by atoms with Gasteiger partial charge in [0.1, 0.15) is 5.02 Å². The zero-order valence-electron chi connectivity index (χ0n) is 10.1. The second kappa shape index (κ2) is 6.14. The molecular weight excluding hydrogens is 278 g/mol. The van der Waals surface area contributed by atoms with Crippen LogP contribution in [0.15, 0.2) is 18.2 Å². The third-order valence-corrected chi connectivity index (χ3v) is 2.52. The highest BCUT2D eigenvalue weighted by molar-refractivity contribution is 6.32. The summed E-state index contributed by atoms with van der Waals surface area (Å²) in [7, 11) is 1.15. The predicted octanol–water partition coefficient (Wildman–Crippen LogP) is 1.97. The largest absolute Gasteiger partial charge is 0.466 e. The molecule has 0 unspecified atom stereocenters. The van der Waals surface area contributed by atoms with Crippen LogP contribution in [0.25, 0.3) is 0 Å². The van der Waals surface area contributed by atoms with E-state index in [0.29, 0.717) is 0 Å². The van der Waals surface area contributed by atoms with Gasteiger partial charge in [0.05, 0.1) is 17.6 Å². The van der Waals surface area contributed by atoms with Crippen molar-refractivity contribution in [3.63, 3.8) is 0 Å². The van der Waals surface area contributed by atoms with Crippen LogP contribution in [0.1, 0.15) is 17.3 Å². The van der Waals surface area contributed by atoms with Crippen molar-refractivity contribution >= 4 is 29.2 Å². The number of ether oxygens (including phenoxy) is 2. The highest BCUT2D eigenvalue weighted by atomic mass is 35.5. The fourth-order valence-electron chi connectivity index (χ4n) is 1.22. The third-order valence-electron chi connectivity index (χ3n) is 2.20. The zero-order valence-corrected chi connectivity index (χ0v) is 10.8. The molecular formula is C11H10ClNO6. The van der Waals surface area contributed by atoms with E-state index in [9.17, 15) is 19.7 Å². The zero-order chi connectivity index (χ0) is 14.6. The van der Waals surface area contributed by atoms with Gasteiger partial charge in [-0.25, -0.2) is 9.59 Å². The molecule has 1 aromatic carbocycles. The number of nitro groups is 1. The molecule has 8 heteroatoms. The van der Waals surface area contributed by atoms with Crippen LogP contribution in [0.2, 0.25) is 5.02 Å². The van der Waals surface area contributed by atoms with E-state index in [0.717, 1.165) is 13.2 Å². The maximum Gasteiger partial charge on any atom is 0.346 e. The van der Waals surface area contributed by atoms with Crippen LogP contribution in [0.4, 0.5) is 5.69 Å². The lowest BCUT2D eigenvalue weighted by atomic mass is 10.2. The van der Waals surface area contributed by atoms with Gasteiger partial charge in [0.25, 0.3) is 5.69 Å².